The van der Waals surface area contributed by atoms with Crippen LogP contribution in [0.3, 0.4) is 0 Å². The predicted octanol–water partition coefficient (Wildman–Crippen LogP) is 5.72. The van der Waals surface area contributed by atoms with Crippen molar-refractivity contribution < 1.29 is 18.0 Å². The molecule has 0 aliphatic carbocycles. The van der Waals surface area contributed by atoms with Crippen LogP contribution < -0.4 is 16.0 Å². The molecule has 0 saturated heterocycles. The summed E-state index contributed by atoms with van der Waals surface area (Å²) >= 11 is 24.9. The minimum atomic E-state index is -4.51. The lowest BCUT2D eigenvalue weighted by Gasteiger charge is -2.28. The Kier molecular flexibility index (Phi) is 8.25. The van der Waals surface area contributed by atoms with E-state index in [-0.39, 0.29) is 10.8 Å². The average molecular weight is 597 g/mol. The molecule has 2 aromatic carbocycles. The van der Waals surface area contributed by atoms with Gasteiger partial charge in [-0.25, -0.2) is 0 Å². The van der Waals surface area contributed by atoms with E-state index in [0.717, 1.165) is 15.7 Å². The molecule has 156 valence electrons. The Labute approximate surface area is 198 Å². The molecular formula is C17H12Cl3F3IN3OS. The van der Waals surface area contributed by atoms with Crippen LogP contribution in [0.25, 0.3) is 0 Å². The lowest BCUT2D eigenvalue weighted by atomic mass is 10.2. The summed E-state index contributed by atoms with van der Waals surface area (Å²) in [4.78, 5) is 12.4. The van der Waals surface area contributed by atoms with Gasteiger partial charge in [0.1, 0.15) is 6.17 Å². The Morgan fingerprint density at radius 3 is 2.28 bits per heavy atom. The van der Waals surface area contributed by atoms with Crippen molar-refractivity contribution in [1.82, 2.24) is 10.6 Å². The molecule has 0 fully saturated rings. The average Bonchev–Trinajstić information content (AvgIpc) is 2.59. The first-order valence-electron chi connectivity index (χ1n) is 7.74. The van der Waals surface area contributed by atoms with Crippen molar-refractivity contribution in [1.29, 1.82) is 0 Å². The van der Waals surface area contributed by atoms with E-state index >= 15 is 0 Å². The smallest absolute Gasteiger partial charge is 0.339 e. The molecule has 0 radical (unpaired) electrons. The molecule has 0 spiro atoms. The number of hydrogen-bond acceptors (Lipinski definition) is 2. The molecule has 0 saturated carbocycles. The SMILES string of the molecule is O=C(N[C@H](NC(=S)Nc1cccc(C(F)(F)F)c1)C(Cl)(Cl)Cl)c1cccc(I)c1. The number of carbonyl (C=O) groups excluding carboxylic acids is 1. The van der Waals surface area contributed by atoms with E-state index in [4.69, 9.17) is 47.0 Å². The lowest BCUT2D eigenvalue weighted by molar-refractivity contribution is -0.137. The van der Waals surface area contributed by atoms with E-state index in [1.807, 2.05) is 22.6 Å². The summed E-state index contributed by atoms with van der Waals surface area (Å²) in [6, 6.07) is 11.1. The number of rotatable bonds is 4. The summed E-state index contributed by atoms with van der Waals surface area (Å²) in [5.41, 5.74) is -0.450. The van der Waals surface area contributed by atoms with Crippen LogP contribution in [-0.2, 0) is 6.18 Å². The Morgan fingerprint density at radius 1 is 1.03 bits per heavy atom. The number of anilines is 1. The molecule has 0 bridgehead atoms. The van der Waals surface area contributed by atoms with Crippen LogP contribution in [0.15, 0.2) is 48.5 Å². The van der Waals surface area contributed by atoms with Gasteiger partial charge in [0.05, 0.1) is 5.56 Å². The predicted molar refractivity (Wildman–Crippen MR) is 122 cm³/mol. The molecule has 3 N–H and O–H groups in total. The number of amides is 1. The van der Waals surface area contributed by atoms with Gasteiger partial charge in [0, 0.05) is 14.8 Å². The van der Waals surface area contributed by atoms with Crippen LogP contribution in [0.4, 0.5) is 18.9 Å². The van der Waals surface area contributed by atoms with Crippen molar-refractivity contribution in [2.45, 2.75) is 16.1 Å². The second-order valence-corrected chi connectivity index (χ2v) is 9.66. The summed E-state index contributed by atoms with van der Waals surface area (Å²) < 4.78 is 37.3. The maximum absolute atomic E-state index is 12.8. The van der Waals surface area contributed by atoms with Crippen molar-refractivity contribution in [3.8, 4) is 0 Å². The van der Waals surface area contributed by atoms with Crippen molar-refractivity contribution in [3.05, 3.63) is 63.2 Å². The first kappa shape index (κ1) is 24.3. The fraction of sp³-hybridized carbons (Fsp3) is 0.176. The van der Waals surface area contributed by atoms with E-state index in [2.05, 4.69) is 16.0 Å². The topological polar surface area (TPSA) is 53.2 Å². The van der Waals surface area contributed by atoms with Crippen LogP contribution in [-0.4, -0.2) is 21.0 Å². The number of nitrogens with one attached hydrogen (secondary N) is 3. The third kappa shape index (κ3) is 7.63. The molecule has 0 unspecified atom stereocenters. The quantitative estimate of drug-likeness (QED) is 0.183. The summed E-state index contributed by atoms with van der Waals surface area (Å²) in [6.07, 6.45) is -5.77. The van der Waals surface area contributed by atoms with Gasteiger partial charge in [-0.15, -0.1) is 0 Å². The van der Waals surface area contributed by atoms with Crippen LogP contribution in [0, 0.1) is 3.57 Å². The Hall–Kier alpha value is -1.01. The number of hydrogen-bond donors (Lipinski definition) is 3. The standard InChI is InChI=1S/C17H12Cl3F3IN3OS/c18-16(19,20)14(26-13(28)9-3-1-5-11(24)7-9)27-15(29)25-12-6-2-4-10(8-12)17(21,22)23/h1-8,14H,(H,26,28)(H2,25,27,29)/t14-/m1/s1. The van der Waals surface area contributed by atoms with Crippen LogP contribution in [0.5, 0.6) is 0 Å². The summed E-state index contributed by atoms with van der Waals surface area (Å²) in [5.74, 6) is -0.533. The number of alkyl halides is 6. The zero-order valence-corrected chi connectivity index (χ0v) is 19.4. The van der Waals surface area contributed by atoms with Crippen LogP contribution >= 0.6 is 69.6 Å². The largest absolute Gasteiger partial charge is 0.416 e. The number of carbonyl (C=O) groups is 1. The highest BCUT2D eigenvalue weighted by molar-refractivity contribution is 14.1. The maximum Gasteiger partial charge on any atom is 0.416 e. The van der Waals surface area contributed by atoms with Gasteiger partial charge in [0.25, 0.3) is 5.91 Å². The second kappa shape index (κ2) is 9.86. The van der Waals surface area contributed by atoms with Gasteiger partial charge >= 0.3 is 6.18 Å². The molecule has 1 atom stereocenters. The zero-order chi connectivity index (χ0) is 21.8. The van der Waals surface area contributed by atoms with Gasteiger partial charge < -0.3 is 16.0 Å². The minimum Gasteiger partial charge on any atom is -0.339 e. The number of benzene rings is 2. The van der Waals surface area contributed by atoms with Crippen molar-refractivity contribution >= 4 is 86.3 Å². The molecule has 0 heterocycles. The second-order valence-electron chi connectivity index (χ2n) is 5.64. The molecular weight excluding hydrogens is 585 g/mol. The molecule has 2 aromatic rings. The van der Waals surface area contributed by atoms with Gasteiger partial charge in [0.2, 0.25) is 3.79 Å². The van der Waals surface area contributed by atoms with Crippen molar-refractivity contribution in [2.75, 3.05) is 5.32 Å². The van der Waals surface area contributed by atoms with E-state index in [1.165, 1.54) is 12.1 Å². The summed E-state index contributed by atoms with van der Waals surface area (Å²) in [5, 5.41) is 7.51. The fourth-order valence-corrected chi connectivity index (χ4v) is 3.22. The first-order valence-corrected chi connectivity index (χ1v) is 10.4. The summed E-state index contributed by atoms with van der Waals surface area (Å²) in [6.45, 7) is 0. The van der Waals surface area contributed by atoms with E-state index < -0.39 is 27.6 Å². The molecule has 0 aliphatic heterocycles. The van der Waals surface area contributed by atoms with Gasteiger partial charge in [-0.1, -0.05) is 46.9 Å². The highest BCUT2D eigenvalue weighted by Crippen LogP contribution is 2.31. The Bertz CT molecular complexity index is 909. The van der Waals surface area contributed by atoms with E-state index in [9.17, 15) is 18.0 Å². The highest BCUT2D eigenvalue weighted by atomic mass is 127. The zero-order valence-electron chi connectivity index (χ0n) is 14.2. The maximum atomic E-state index is 12.8. The van der Waals surface area contributed by atoms with Gasteiger partial charge in [-0.05, 0) is 71.2 Å². The normalized spacial score (nSPS) is 12.8. The van der Waals surface area contributed by atoms with Gasteiger partial charge in [-0.3, -0.25) is 4.79 Å². The number of halogens is 7. The molecule has 0 aliphatic rings. The lowest BCUT2D eigenvalue weighted by Crippen LogP contribution is -2.56. The van der Waals surface area contributed by atoms with Crippen LogP contribution in [0.1, 0.15) is 15.9 Å². The third-order valence-electron chi connectivity index (χ3n) is 3.41. The fourth-order valence-electron chi connectivity index (χ4n) is 2.12. The van der Waals surface area contributed by atoms with Gasteiger partial charge in [0.15, 0.2) is 5.11 Å². The molecule has 0 aromatic heterocycles. The molecule has 29 heavy (non-hydrogen) atoms. The molecule has 4 nitrogen and oxygen atoms in total. The monoisotopic (exact) mass is 595 g/mol. The Morgan fingerprint density at radius 2 is 1.69 bits per heavy atom. The Balaban J connectivity index is 2.10. The highest BCUT2D eigenvalue weighted by Gasteiger charge is 2.35. The number of thiocarbonyl (C=S) groups is 1. The minimum absolute atomic E-state index is 0.0735. The van der Waals surface area contributed by atoms with Crippen LogP contribution in [0.2, 0.25) is 0 Å². The molecule has 2 rings (SSSR count). The third-order valence-corrected chi connectivity index (χ3v) is 4.96. The first-order chi connectivity index (χ1) is 13.4. The van der Waals surface area contributed by atoms with Crippen molar-refractivity contribution in [3.63, 3.8) is 0 Å². The van der Waals surface area contributed by atoms with E-state index in [0.29, 0.717) is 5.56 Å². The van der Waals surface area contributed by atoms with Gasteiger partial charge in [-0.2, -0.15) is 13.2 Å². The molecule has 1 amide bonds. The summed E-state index contributed by atoms with van der Waals surface area (Å²) in [7, 11) is 0. The molecule has 12 heteroatoms. The van der Waals surface area contributed by atoms with Crippen molar-refractivity contribution in [2.24, 2.45) is 0 Å². The van der Waals surface area contributed by atoms with E-state index in [1.54, 1.807) is 24.3 Å².